The number of halogens is 3. The van der Waals surface area contributed by atoms with Crippen LogP contribution in [0.5, 0.6) is 0 Å². The van der Waals surface area contributed by atoms with Crippen LogP contribution in [0.4, 0.5) is 13.2 Å². The molecule has 0 saturated carbocycles. The van der Waals surface area contributed by atoms with Gasteiger partial charge in [0.05, 0.1) is 12.8 Å². The van der Waals surface area contributed by atoms with E-state index in [9.17, 15) is 13.2 Å². The number of hydrogen-bond donors (Lipinski definition) is 2. The Morgan fingerprint density at radius 2 is 2.17 bits per heavy atom. The van der Waals surface area contributed by atoms with Crippen molar-refractivity contribution in [2.45, 2.75) is 32.6 Å². The number of nitrogens with zero attached hydrogens (tertiary/aromatic N) is 2. The van der Waals surface area contributed by atoms with E-state index in [1.165, 1.54) is 4.68 Å². The molecule has 0 aliphatic carbocycles. The third kappa shape index (κ3) is 5.27. The van der Waals surface area contributed by atoms with Crippen molar-refractivity contribution in [2.75, 3.05) is 6.54 Å². The second-order valence-electron chi connectivity index (χ2n) is 4.93. The average molecular weight is 346 g/mol. The van der Waals surface area contributed by atoms with E-state index in [1.54, 1.807) is 19.3 Å². The Morgan fingerprint density at radius 3 is 2.78 bits per heavy atom. The highest BCUT2D eigenvalue weighted by atomic mass is 32.1. The van der Waals surface area contributed by atoms with Crippen LogP contribution < -0.4 is 10.6 Å². The summed E-state index contributed by atoms with van der Waals surface area (Å²) >= 11 is 5.10. The molecule has 2 aromatic heterocycles. The lowest BCUT2D eigenvalue weighted by Crippen LogP contribution is -2.35. The van der Waals surface area contributed by atoms with Crippen molar-refractivity contribution in [3.63, 3.8) is 0 Å². The van der Waals surface area contributed by atoms with Crippen molar-refractivity contribution in [1.29, 1.82) is 0 Å². The third-order valence-electron chi connectivity index (χ3n) is 3.11. The summed E-state index contributed by atoms with van der Waals surface area (Å²) in [4.78, 5) is 0. The third-order valence-corrected chi connectivity index (χ3v) is 3.40. The number of furan rings is 1. The van der Waals surface area contributed by atoms with Crippen molar-refractivity contribution in [2.24, 2.45) is 0 Å². The average Bonchev–Trinajstić information content (AvgIpc) is 3.10. The Morgan fingerprint density at radius 1 is 1.39 bits per heavy atom. The molecule has 23 heavy (non-hydrogen) atoms. The summed E-state index contributed by atoms with van der Waals surface area (Å²) in [7, 11) is 0. The summed E-state index contributed by atoms with van der Waals surface area (Å²) in [5.41, 5.74) is -0.380. The van der Waals surface area contributed by atoms with E-state index in [0.717, 1.165) is 11.8 Å². The van der Waals surface area contributed by atoms with Gasteiger partial charge in [-0.3, -0.25) is 4.68 Å². The minimum absolute atomic E-state index is 0.385. The lowest BCUT2D eigenvalue weighted by Gasteiger charge is -2.10. The maximum atomic E-state index is 12.6. The molecule has 0 bridgehead atoms. The number of nitrogens with one attached hydrogen (secondary N) is 2. The highest BCUT2D eigenvalue weighted by molar-refractivity contribution is 7.80. The van der Waals surface area contributed by atoms with Gasteiger partial charge in [0.1, 0.15) is 5.76 Å². The molecule has 2 N–H and O–H groups in total. The van der Waals surface area contributed by atoms with Gasteiger partial charge in [0.2, 0.25) is 0 Å². The zero-order chi connectivity index (χ0) is 16.9. The molecule has 2 heterocycles. The molecule has 2 rings (SSSR count). The Bertz CT molecular complexity index is 637. The highest BCUT2D eigenvalue weighted by Gasteiger charge is 2.34. The van der Waals surface area contributed by atoms with Crippen molar-refractivity contribution in [3.8, 4) is 0 Å². The number of thiocarbonyl (C=S) groups is 1. The molecule has 0 aliphatic heterocycles. The van der Waals surface area contributed by atoms with Crippen molar-refractivity contribution >= 4 is 17.3 Å². The van der Waals surface area contributed by atoms with Crippen molar-refractivity contribution < 1.29 is 17.6 Å². The van der Waals surface area contributed by atoms with Gasteiger partial charge in [0, 0.05) is 18.8 Å². The summed E-state index contributed by atoms with van der Waals surface area (Å²) in [6, 6.07) is 4.66. The van der Waals surface area contributed by atoms with Gasteiger partial charge in [-0.25, -0.2) is 0 Å². The summed E-state index contributed by atoms with van der Waals surface area (Å²) in [5, 5.41) is 10.00. The summed E-state index contributed by atoms with van der Waals surface area (Å²) in [6.07, 6.45) is -2.23. The van der Waals surface area contributed by atoms with E-state index in [0.29, 0.717) is 36.9 Å². The fourth-order valence-electron chi connectivity index (χ4n) is 1.95. The molecule has 0 spiro atoms. The molecule has 0 atom stereocenters. The lowest BCUT2D eigenvalue weighted by atomic mass is 10.3. The molecule has 0 fully saturated rings. The van der Waals surface area contributed by atoms with Crippen LogP contribution in [0.2, 0.25) is 0 Å². The van der Waals surface area contributed by atoms with Crippen LogP contribution in [-0.4, -0.2) is 21.4 Å². The van der Waals surface area contributed by atoms with Crippen molar-refractivity contribution in [1.82, 2.24) is 20.4 Å². The normalized spacial score (nSPS) is 11.5. The summed E-state index contributed by atoms with van der Waals surface area (Å²) in [6.45, 7) is 3.00. The fourth-order valence-corrected chi connectivity index (χ4v) is 2.12. The van der Waals surface area contributed by atoms with Gasteiger partial charge in [0.15, 0.2) is 10.8 Å². The first-order chi connectivity index (χ1) is 10.9. The first kappa shape index (κ1) is 17.3. The monoisotopic (exact) mass is 346 g/mol. The van der Waals surface area contributed by atoms with Gasteiger partial charge < -0.3 is 15.1 Å². The minimum Gasteiger partial charge on any atom is -0.467 e. The molecule has 9 heteroatoms. The Labute approximate surface area is 136 Å². The van der Waals surface area contributed by atoms with E-state index in [4.69, 9.17) is 16.6 Å². The maximum absolute atomic E-state index is 12.6. The lowest BCUT2D eigenvalue weighted by molar-refractivity contribution is -0.141. The first-order valence-corrected chi connectivity index (χ1v) is 7.43. The SMILES string of the molecule is Cc1cc(C(F)(F)F)nn1CCCNC(=S)NCc1ccco1. The molecule has 0 aliphatic rings. The quantitative estimate of drug-likeness (QED) is 0.622. The maximum Gasteiger partial charge on any atom is 0.435 e. The van der Waals surface area contributed by atoms with Crippen molar-refractivity contribution in [3.05, 3.63) is 41.6 Å². The minimum atomic E-state index is -4.41. The number of rotatable bonds is 6. The molecular formula is C14H17F3N4OS. The molecule has 0 radical (unpaired) electrons. The molecule has 0 unspecified atom stereocenters. The van der Waals surface area contributed by atoms with Gasteiger partial charge >= 0.3 is 6.18 Å². The molecule has 0 saturated heterocycles. The summed E-state index contributed by atoms with van der Waals surface area (Å²) in [5.74, 6) is 0.765. The zero-order valence-electron chi connectivity index (χ0n) is 12.5. The van der Waals surface area contributed by atoms with Crippen LogP contribution >= 0.6 is 12.2 Å². The van der Waals surface area contributed by atoms with Crippen LogP contribution in [0, 0.1) is 6.92 Å². The van der Waals surface area contributed by atoms with Crippen LogP contribution in [-0.2, 0) is 19.3 Å². The Hall–Kier alpha value is -2.03. The molecule has 126 valence electrons. The second kappa shape index (κ2) is 7.49. The van der Waals surface area contributed by atoms with E-state index in [2.05, 4.69) is 15.7 Å². The van der Waals surface area contributed by atoms with Gasteiger partial charge in [-0.05, 0) is 43.8 Å². The fraction of sp³-hybridized carbons (Fsp3) is 0.429. The largest absolute Gasteiger partial charge is 0.467 e. The van der Waals surface area contributed by atoms with Gasteiger partial charge in [0.25, 0.3) is 0 Å². The van der Waals surface area contributed by atoms with Crippen LogP contribution in [0.15, 0.2) is 28.9 Å². The molecule has 0 amide bonds. The predicted octanol–water partition coefficient (Wildman–Crippen LogP) is 2.86. The van der Waals surface area contributed by atoms with Gasteiger partial charge in [-0.2, -0.15) is 18.3 Å². The van der Waals surface area contributed by atoms with Crippen LogP contribution in [0.1, 0.15) is 23.6 Å². The number of hydrogen-bond acceptors (Lipinski definition) is 3. The Kier molecular flexibility index (Phi) is 5.64. The predicted molar refractivity (Wildman–Crippen MR) is 82.7 cm³/mol. The highest BCUT2D eigenvalue weighted by Crippen LogP contribution is 2.28. The van der Waals surface area contributed by atoms with E-state index >= 15 is 0 Å². The topological polar surface area (TPSA) is 55.0 Å². The van der Waals surface area contributed by atoms with E-state index < -0.39 is 11.9 Å². The van der Waals surface area contributed by atoms with Crippen LogP contribution in [0.3, 0.4) is 0 Å². The van der Waals surface area contributed by atoms with Crippen LogP contribution in [0.25, 0.3) is 0 Å². The molecule has 5 nitrogen and oxygen atoms in total. The van der Waals surface area contributed by atoms with Gasteiger partial charge in [-0.1, -0.05) is 0 Å². The van der Waals surface area contributed by atoms with E-state index in [-0.39, 0.29) is 0 Å². The first-order valence-electron chi connectivity index (χ1n) is 7.02. The van der Waals surface area contributed by atoms with Gasteiger partial charge in [-0.15, -0.1) is 0 Å². The summed E-state index contributed by atoms with van der Waals surface area (Å²) < 4.78 is 44.2. The second-order valence-corrected chi connectivity index (χ2v) is 5.34. The molecule has 2 aromatic rings. The standard InChI is InChI=1S/C14H17F3N4OS/c1-10-8-12(14(15,16)17)20-21(10)6-3-5-18-13(23)19-9-11-4-2-7-22-11/h2,4,7-8H,3,5-6,9H2,1H3,(H2,18,19,23). The number of aryl methyl sites for hydroxylation is 2. The Balaban J connectivity index is 1.69. The number of aromatic nitrogens is 2. The molecule has 0 aromatic carbocycles. The molecular weight excluding hydrogens is 329 g/mol. The number of alkyl halides is 3. The zero-order valence-corrected chi connectivity index (χ0v) is 13.3. The smallest absolute Gasteiger partial charge is 0.435 e. The van der Waals surface area contributed by atoms with E-state index in [1.807, 2.05) is 6.07 Å².